The highest BCUT2D eigenvalue weighted by Gasteiger charge is 2.33. The maximum atomic E-state index is 13.0. The number of rotatable bonds is 3. The molecule has 3 heterocycles. The number of oxazole rings is 1. The molecule has 0 spiro atoms. The fraction of sp³-hybridized carbons (Fsp3) is 0.524. The molecule has 162 valence electrons. The lowest BCUT2D eigenvalue weighted by Crippen LogP contribution is -2.55. The Labute approximate surface area is 173 Å². The highest BCUT2D eigenvalue weighted by atomic mass is 19.4. The molecule has 0 saturated carbocycles. The summed E-state index contributed by atoms with van der Waals surface area (Å²) in [7, 11) is 0. The number of halogens is 3. The van der Waals surface area contributed by atoms with Crippen LogP contribution in [0, 0.1) is 6.92 Å². The van der Waals surface area contributed by atoms with E-state index in [2.05, 4.69) is 9.88 Å². The van der Waals surface area contributed by atoms with Crippen molar-refractivity contribution >= 4 is 11.6 Å². The number of piperazine rings is 1. The number of hydrogen-bond donors (Lipinski definition) is 0. The summed E-state index contributed by atoms with van der Waals surface area (Å²) in [6, 6.07) is 5.75. The Morgan fingerprint density at radius 2 is 1.93 bits per heavy atom. The van der Waals surface area contributed by atoms with Gasteiger partial charge < -0.3 is 14.2 Å². The zero-order chi connectivity index (χ0) is 21.3. The van der Waals surface area contributed by atoms with Gasteiger partial charge in [0.25, 0.3) is 5.91 Å². The van der Waals surface area contributed by atoms with E-state index in [4.69, 9.17) is 4.42 Å². The molecule has 0 unspecified atom stereocenters. The predicted molar refractivity (Wildman–Crippen MR) is 105 cm³/mol. The number of aryl methyl sites for hydroxylation is 1. The van der Waals surface area contributed by atoms with Crippen molar-refractivity contribution in [1.29, 1.82) is 0 Å². The number of amides is 1. The minimum atomic E-state index is -4.34. The molecule has 2 aliphatic rings. The molecular formula is C21H25F3N4O2. The van der Waals surface area contributed by atoms with Gasteiger partial charge in [0, 0.05) is 51.0 Å². The summed E-state index contributed by atoms with van der Waals surface area (Å²) in [5.41, 5.74) is 0.578. The molecule has 0 radical (unpaired) electrons. The van der Waals surface area contributed by atoms with E-state index in [1.807, 2.05) is 9.80 Å². The molecule has 1 atom stereocenters. The van der Waals surface area contributed by atoms with Gasteiger partial charge in [0.05, 0.1) is 11.3 Å². The molecule has 1 aromatic heterocycles. The number of piperidine rings is 1. The maximum absolute atomic E-state index is 13.0. The first-order chi connectivity index (χ1) is 14.3. The highest BCUT2D eigenvalue weighted by molar-refractivity contribution is 5.92. The monoisotopic (exact) mass is 422 g/mol. The van der Waals surface area contributed by atoms with Gasteiger partial charge in [-0.05, 0) is 38.0 Å². The molecule has 4 rings (SSSR count). The zero-order valence-corrected chi connectivity index (χ0v) is 16.9. The van der Waals surface area contributed by atoms with Gasteiger partial charge in [-0.2, -0.15) is 13.2 Å². The molecule has 2 aliphatic heterocycles. The second-order valence-electron chi connectivity index (χ2n) is 7.89. The van der Waals surface area contributed by atoms with Crippen LogP contribution in [0.5, 0.6) is 0 Å². The summed E-state index contributed by atoms with van der Waals surface area (Å²) in [5.74, 6) is 0.169. The van der Waals surface area contributed by atoms with Crippen LogP contribution in [0.2, 0.25) is 0 Å². The van der Waals surface area contributed by atoms with E-state index < -0.39 is 11.7 Å². The predicted octanol–water partition coefficient (Wildman–Crippen LogP) is 3.43. The topological polar surface area (TPSA) is 52.8 Å². The van der Waals surface area contributed by atoms with E-state index >= 15 is 0 Å². The van der Waals surface area contributed by atoms with Crippen LogP contribution in [0.25, 0.3) is 0 Å². The number of benzene rings is 1. The molecule has 2 fully saturated rings. The number of anilines is 1. The molecule has 30 heavy (non-hydrogen) atoms. The highest BCUT2D eigenvalue weighted by Crippen LogP contribution is 2.32. The minimum absolute atomic E-state index is 0.127. The Hall–Kier alpha value is -2.55. The summed E-state index contributed by atoms with van der Waals surface area (Å²) in [6.07, 6.45) is -1.13. The van der Waals surface area contributed by atoms with E-state index in [0.29, 0.717) is 43.3 Å². The average Bonchev–Trinajstić information content (AvgIpc) is 3.19. The van der Waals surface area contributed by atoms with Crippen molar-refractivity contribution in [1.82, 2.24) is 14.8 Å². The molecule has 0 N–H and O–H groups in total. The van der Waals surface area contributed by atoms with Gasteiger partial charge in [-0.3, -0.25) is 9.69 Å². The lowest BCUT2D eigenvalue weighted by atomic mass is 10.0. The molecule has 0 bridgehead atoms. The van der Waals surface area contributed by atoms with Crippen LogP contribution in [0.15, 0.2) is 35.1 Å². The summed E-state index contributed by atoms with van der Waals surface area (Å²) in [4.78, 5) is 22.9. The standard InChI is InChI=1S/C21H25F3N4O2/c1-15-19(30-14-25-15)20(29)28-7-3-6-18(13-28)27-10-8-26(9-11-27)17-5-2-4-16(12-17)21(22,23)24/h2,4-5,12,14,18H,3,6-11,13H2,1H3/t18-/m1/s1. The first kappa shape index (κ1) is 20.7. The number of aromatic nitrogens is 1. The summed E-state index contributed by atoms with van der Waals surface area (Å²) in [6.45, 7) is 5.90. The number of carbonyl (C=O) groups is 1. The van der Waals surface area contributed by atoms with Crippen molar-refractivity contribution in [3.05, 3.63) is 47.7 Å². The second-order valence-corrected chi connectivity index (χ2v) is 7.89. The van der Waals surface area contributed by atoms with Crippen LogP contribution in [0.3, 0.4) is 0 Å². The van der Waals surface area contributed by atoms with E-state index in [-0.39, 0.29) is 11.9 Å². The van der Waals surface area contributed by atoms with Crippen LogP contribution in [0.1, 0.15) is 34.7 Å². The van der Waals surface area contributed by atoms with Gasteiger partial charge in [0.1, 0.15) is 0 Å². The van der Waals surface area contributed by atoms with Crippen LogP contribution in [-0.2, 0) is 6.18 Å². The maximum Gasteiger partial charge on any atom is 0.416 e. The van der Waals surface area contributed by atoms with E-state index in [9.17, 15) is 18.0 Å². The van der Waals surface area contributed by atoms with Crippen molar-refractivity contribution in [2.75, 3.05) is 44.2 Å². The third kappa shape index (κ3) is 4.30. The van der Waals surface area contributed by atoms with E-state index in [1.165, 1.54) is 18.5 Å². The van der Waals surface area contributed by atoms with Crippen molar-refractivity contribution < 1.29 is 22.4 Å². The molecule has 6 nitrogen and oxygen atoms in total. The van der Waals surface area contributed by atoms with Gasteiger partial charge in [-0.25, -0.2) is 4.98 Å². The molecule has 9 heteroatoms. The normalized spacial score (nSPS) is 21.1. The summed E-state index contributed by atoms with van der Waals surface area (Å²) in [5, 5.41) is 0. The van der Waals surface area contributed by atoms with E-state index in [1.54, 1.807) is 13.0 Å². The first-order valence-electron chi connectivity index (χ1n) is 10.2. The lowest BCUT2D eigenvalue weighted by Gasteiger charge is -2.43. The number of likely N-dealkylation sites (tertiary alicyclic amines) is 1. The van der Waals surface area contributed by atoms with Crippen LogP contribution in [-0.4, -0.2) is 66.0 Å². The SMILES string of the molecule is Cc1ncoc1C(=O)N1CCC[C@@H](N2CCN(c3cccc(C(F)(F)F)c3)CC2)C1. The molecule has 2 saturated heterocycles. The third-order valence-corrected chi connectivity index (χ3v) is 5.99. The fourth-order valence-electron chi connectivity index (χ4n) is 4.31. The molecule has 1 aromatic carbocycles. The Morgan fingerprint density at radius 3 is 2.60 bits per heavy atom. The van der Waals surface area contributed by atoms with Gasteiger partial charge in [-0.1, -0.05) is 6.07 Å². The van der Waals surface area contributed by atoms with Crippen LogP contribution < -0.4 is 4.90 Å². The Bertz CT molecular complexity index is 890. The Kier molecular flexibility index (Phi) is 5.73. The van der Waals surface area contributed by atoms with Crippen molar-refractivity contribution in [3.8, 4) is 0 Å². The van der Waals surface area contributed by atoms with Crippen LogP contribution >= 0.6 is 0 Å². The number of alkyl halides is 3. The molecule has 2 aromatic rings. The van der Waals surface area contributed by atoms with Gasteiger partial charge >= 0.3 is 6.18 Å². The number of carbonyl (C=O) groups excluding carboxylic acids is 1. The smallest absolute Gasteiger partial charge is 0.416 e. The fourth-order valence-corrected chi connectivity index (χ4v) is 4.31. The minimum Gasteiger partial charge on any atom is -0.438 e. The first-order valence-corrected chi connectivity index (χ1v) is 10.2. The molecular weight excluding hydrogens is 397 g/mol. The van der Waals surface area contributed by atoms with E-state index in [0.717, 1.165) is 32.0 Å². The van der Waals surface area contributed by atoms with Crippen molar-refractivity contribution in [3.63, 3.8) is 0 Å². The summed E-state index contributed by atoms with van der Waals surface area (Å²) < 4.78 is 44.3. The molecule has 0 aliphatic carbocycles. The largest absolute Gasteiger partial charge is 0.438 e. The zero-order valence-electron chi connectivity index (χ0n) is 16.9. The second kappa shape index (κ2) is 8.29. The molecule has 1 amide bonds. The van der Waals surface area contributed by atoms with Crippen molar-refractivity contribution in [2.45, 2.75) is 32.0 Å². The number of hydrogen-bond acceptors (Lipinski definition) is 5. The Balaban J connectivity index is 1.36. The lowest BCUT2D eigenvalue weighted by molar-refractivity contribution is -0.137. The Morgan fingerprint density at radius 1 is 1.17 bits per heavy atom. The van der Waals surface area contributed by atoms with Gasteiger partial charge in [-0.15, -0.1) is 0 Å². The van der Waals surface area contributed by atoms with Crippen molar-refractivity contribution in [2.24, 2.45) is 0 Å². The van der Waals surface area contributed by atoms with Gasteiger partial charge in [0.15, 0.2) is 6.39 Å². The average molecular weight is 422 g/mol. The third-order valence-electron chi connectivity index (χ3n) is 5.99. The number of nitrogens with zero attached hydrogens (tertiary/aromatic N) is 4. The van der Waals surface area contributed by atoms with Gasteiger partial charge in [0.2, 0.25) is 5.76 Å². The summed E-state index contributed by atoms with van der Waals surface area (Å²) >= 11 is 0. The quantitative estimate of drug-likeness (QED) is 0.759. The van der Waals surface area contributed by atoms with Crippen LogP contribution in [0.4, 0.5) is 18.9 Å².